The number of H-pyrrole nitrogens is 1. The molecule has 1 rings (SSSR count). The number of nitrogens with one attached hydrogen (secondary N) is 1. The van der Waals surface area contributed by atoms with Crippen LogP contribution in [0.3, 0.4) is 0 Å². The van der Waals surface area contributed by atoms with Crippen molar-refractivity contribution in [1.29, 1.82) is 0 Å². The first-order valence-electron chi connectivity index (χ1n) is 5.54. The minimum Gasteiger partial charge on any atom is -0.347 e. The van der Waals surface area contributed by atoms with E-state index in [1.807, 2.05) is 6.07 Å². The summed E-state index contributed by atoms with van der Waals surface area (Å²) in [5, 5.41) is 0. The van der Waals surface area contributed by atoms with Gasteiger partial charge in [0.1, 0.15) is 10.5 Å². The number of aromatic nitrogens is 2. The molecule has 0 saturated carbocycles. The van der Waals surface area contributed by atoms with Crippen molar-refractivity contribution in [3.05, 3.63) is 22.2 Å². The monoisotopic (exact) mass is 224 g/mol. The summed E-state index contributed by atoms with van der Waals surface area (Å²) in [6, 6.07) is 1.96. The van der Waals surface area contributed by atoms with Crippen molar-refractivity contribution in [2.75, 3.05) is 0 Å². The van der Waals surface area contributed by atoms with Crippen molar-refractivity contribution in [2.24, 2.45) is 0 Å². The Hall–Kier alpha value is -0.700. The minimum atomic E-state index is 0.109. The Labute approximate surface area is 97.1 Å². The van der Waals surface area contributed by atoms with Gasteiger partial charge in [-0.1, -0.05) is 46.3 Å². The molecule has 0 aliphatic heterocycles. The molecule has 0 aliphatic carbocycles. The average Bonchev–Trinajstić information content (AvgIpc) is 2.12. The van der Waals surface area contributed by atoms with Crippen LogP contribution in [0.25, 0.3) is 0 Å². The van der Waals surface area contributed by atoms with Crippen LogP contribution < -0.4 is 0 Å². The van der Waals surface area contributed by atoms with Gasteiger partial charge in [-0.05, 0) is 12.5 Å². The van der Waals surface area contributed by atoms with E-state index in [2.05, 4.69) is 37.7 Å². The van der Waals surface area contributed by atoms with Crippen LogP contribution in [0.1, 0.15) is 52.1 Å². The minimum absolute atomic E-state index is 0.109. The third kappa shape index (κ3) is 3.74. The molecule has 2 nitrogen and oxygen atoms in total. The van der Waals surface area contributed by atoms with Crippen molar-refractivity contribution < 1.29 is 0 Å². The van der Waals surface area contributed by atoms with E-state index in [0.29, 0.717) is 4.64 Å². The zero-order chi connectivity index (χ0) is 11.5. The van der Waals surface area contributed by atoms with Gasteiger partial charge in [-0.15, -0.1) is 0 Å². The van der Waals surface area contributed by atoms with Gasteiger partial charge >= 0.3 is 0 Å². The van der Waals surface area contributed by atoms with Crippen LogP contribution in [0.2, 0.25) is 0 Å². The molecule has 0 fully saturated rings. The van der Waals surface area contributed by atoms with Crippen LogP contribution >= 0.6 is 12.2 Å². The van der Waals surface area contributed by atoms with E-state index >= 15 is 0 Å². The molecule has 0 amide bonds. The van der Waals surface area contributed by atoms with Gasteiger partial charge < -0.3 is 4.98 Å². The van der Waals surface area contributed by atoms with Gasteiger partial charge in [-0.25, -0.2) is 4.98 Å². The van der Waals surface area contributed by atoms with Crippen LogP contribution in [0.5, 0.6) is 0 Å². The second-order valence-electron chi connectivity index (χ2n) is 4.93. The third-order valence-corrected chi connectivity index (χ3v) is 2.58. The van der Waals surface area contributed by atoms with Crippen LogP contribution in [0, 0.1) is 4.64 Å². The Balaban J connectivity index is 3.01. The van der Waals surface area contributed by atoms with Gasteiger partial charge in [0.25, 0.3) is 0 Å². The van der Waals surface area contributed by atoms with E-state index in [1.165, 1.54) is 12.1 Å². The number of aromatic amines is 1. The quantitative estimate of drug-likeness (QED) is 0.792. The SMILES string of the molecule is CCCCc1nc(=S)cc(C(C)(C)C)[nH]1. The van der Waals surface area contributed by atoms with Crippen molar-refractivity contribution in [2.45, 2.75) is 52.4 Å². The molecule has 3 heteroatoms. The fourth-order valence-electron chi connectivity index (χ4n) is 1.37. The number of hydrogen-bond acceptors (Lipinski definition) is 2. The highest BCUT2D eigenvalue weighted by Gasteiger charge is 2.15. The molecule has 84 valence electrons. The van der Waals surface area contributed by atoms with Gasteiger partial charge in [0.05, 0.1) is 0 Å². The standard InChI is InChI=1S/C12H20N2S/c1-5-6-7-10-13-9(12(2,3)4)8-11(15)14-10/h8H,5-7H2,1-4H3,(H,13,14,15). The van der Waals surface area contributed by atoms with Crippen molar-refractivity contribution in [3.8, 4) is 0 Å². The van der Waals surface area contributed by atoms with E-state index in [1.54, 1.807) is 0 Å². The smallest absolute Gasteiger partial charge is 0.130 e. The second-order valence-corrected chi connectivity index (χ2v) is 5.35. The predicted octanol–water partition coefficient (Wildman–Crippen LogP) is 3.78. The van der Waals surface area contributed by atoms with E-state index in [-0.39, 0.29) is 5.41 Å². The Morgan fingerprint density at radius 1 is 1.40 bits per heavy atom. The lowest BCUT2D eigenvalue weighted by Gasteiger charge is -2.19. The number of unbranched alkanes of at least 4 members (excludes halogenated alkanes) is 1. The summed E-state index contributed by atoms with van der Waals surface area (Å²) in [7, 11) is 0. The normalized spacial score (nSPS) is 11.7. The lowest BCUT2D eigenvalue weighted by Crippen LogP contribution is -2.15. The molecule has 0 unspecified atom stereocenters. The Kier molecular flexibility index (Phi) is 4.03. The number of rotatable bonds is 3. The summed E-state index contributed by atoms with van der Waals surface area (Å²) in [6.07, 6.45) is 3.33. The molecule has 0 radical (unpaired) electrons. The summed E-state index contributed by atoms with van der Waals surface area (Å²) < 4.78 is 0.699. The molecular formula is C12H20N2S. The zero-order valence-electron chi connectivity index (χ0n) is 10.1. The average molecular weight is 224 g/mol. The maximum absolute atomic E-state index is 5.18. The molecule has 1 aromatic heterocycles. The van der Waals surface area contributed by atoms with Crippen molar-refractivity contribution in [3.63, 3.8) is 0 Å². The van der Waals surface area contributed by atoms with Crippen LogP contribution in [0.4, 0.5) is 0 Å². The molecule has 0 spiro atoms. The van der Waals surface area contributed by atoms with Gasteiger partial charge in [-0.2, -0.15) is 0 Å². The van der Waals surface area contributed by atoms with Gasteiger partial charge in [0, 0.05) is 17.5 Å². The fourth-order valence-corrected chi connectivity index (χ4v) is 1.60. The Bertz CT molecular complexity index is 374. The molecule has 1 heterocycles. The summed E-state index contributed by atoms with van der Waals surface area (Å²) in [5.74, 6) is 1.02. The first-order chi connectivity index (χ1) is 6.93. The van der Waals surface area contributed by atoms with E-state index in [9.17, 15) is 0 Å². The van der Waals surface area contributed by atoms with Crippen molar-refractivity contribution >= 4 is 12.2 Å². The number of aryl methyl sites for hydroxylation is 1. The van der Waals surface area contributed by atoms with Crippen molar-refractivity contribution in [1.82, 2.24) is 9.97 Å². The number of hydrogen-bond donors (Lipinski definition) is 1. The maximum atomic E-state index is 5.18. The molecule has 0 aliphatic rings. The summed E-state index contributed by atoms with van der Waals surface area (Å²) >= 11 is 5.18. The molecule has 0 aromatic carbocycles. The largest absolute Gasteiger partial charge is 0.347 e. The second kappa shape index (κ2) is 4.88. The molecular weight excluding hydrogens is 204 g/mol. The summed E-state index contributed by atoms with van der Waals surface area (Å²) in [4.78, 5) is 7.73. The lowest BCUT2D eigenvalue weighted by atomic mass is 9.92. The van der Waals surface area contributed by atoms with E-state index in [4.69, 9.17) is 12.2 Å². The molecule has 0 atom stereocenters. The summed E-state index contributed by atoms with van der Waals surface area (Å²) in [5.41, 5.74) is 1.28. The highest BCUT2D eigenvalue weighted by atomic mass is 32.1. The highest BCUT2D eigenvalue weighted by Crippen LogP contribution is 2.19. The van der Waals surface area contributed by atoms with Gasteiger partial charge in [0.15, 0.2) is 0 Å². The number of nitrogens with zero attached hydrogens (tertiary/aromatic N) is 1. The molecule has 1 aromatic rings. The fraction of sp³-hybridized carbons (Fsp3) is 0.667. The first-order valence-corrected chi connectivity index (χ1v) is 5.95. The highest BCUT2D eigenvalue weighted by molar-refractivity contribution is 7.71. The van der Waals surface area contributed by atoms with Crippen LogP contribution in [-0.4, -0.2) is 9.97 Å². The van der Waals surface area contributed by atoms with Gasteiger partial charge in [0.2, 0.25) is 0 Å². The van der Waals surface area contributed by atoms with Gasteiger partial charge in [-0.3, -0.25) is 0 Å². The molecule has 0 bridgehead atoms. The summed E-state index contributed by atoms with van der Waals surface area (Å²) in [6.45, 7) is 8.72. The Morgan fingerprint density at radius 3 is 2.60 bits per heavy atom. The third-order valence-electron chi connectivity index (χ3n) is 2.37. The molecule has 0 saturated heterocycles. The maximum Gasteiger partial charge on any atom is 0.130 e. The lowest BCUT2D eigenvalue weighted by molar-refractivity contribution is 0.559. The topological polar surface area (TPSA) is 28.7 Å². The first kappa shape index (κ1) is 12.4. The van der Waals surface area contributed by atoms with E-state index < -0.39 is 0 Å². The Morgan fingerprint density at radius 2 is 2.07 bits per heavy atom. The molecule has 1 N–H and O–H groups in total. The van der Waals surface area contributed by atoms with Crippen LogP contribution in [-0.2, 0) is 11.8 Å². The molecule has 15 heavy (non-hydrogen) atoms. The predicted molar refractivity (Wildman–Crippen MR) is 66.7 cm³/mol. The zero-order valence-corrected chi connectivity index (χ0v) is 10.9. The van der Waals surface area contributed by atoms with Crippen LogP contribution in [0.15, 0.2) is 6.07 Å². The van der Waals surface area contributed by atoms with E-state index in [0.717, 1.165) is 18.7 Å².